The third kappa shape index (κ3) is 4.21. The number of ether oxygens (including phenoxy) is 1. The van der Waals surface area contributed by atoms with Crippen LogP contribution in [0.25, 0.3) is 6.08 Å². The molecule has 112 valence electrons. The van der Waals surface area contributed by atoms with E-state index in [1.807, 2.05) is 30.3 Å². The summed E-state index contributed by atoms with van der Waals surface area (Å²) in [6.45, 7) is 0. The smallest absolute Gasteiger partial charge is 0.264 e. The fourth-order valence-electron chi connectivity index (χ4n) is 1.75. The zero-order valence-corrected chi connectivity index (χ0v) is 12.1. The molecule has 1 amide bonds. The van der Waals surface area contributed by atoms with Crippen molar-refractivity contribution < 1.29 is 14.6 Å². The molecule has 0 aliphatic carbocycles. The molecule has 0 atom stereocenters. The topological polar surface area (TPSA) is 70.9 Å². The number of hydrazone groups is 1. The maximum absolute atomic E-state index is 11.6. The van der Waals surface area contributed by atoms with Crippen molar-refractivity contribution in [1.82, 2.24) is 5.43 Å². The molecular weight excluding hydrogens is 280 g/mol. The van der Waals surface area contributed by atoms with Crippen LogP contribution in [0.5, 0.6) is 11.5 Å². The standard InChI is InChI=1S/C17H16N2O3/c1-22-15-9-5-8-14(17(15)21)12-18-19-16(20)11-10-13-6-3-2-4-7-13/h2-12,21H,1H3,(H,19,20)/b11-10+,18-12?. The lowest BCUT2D eigenvalue weighted by molar-refractivity contribution is -0.116. The Bertz CT molecular complexity index is 694. The lowest BCUT2D eigenvalue weighted by Crippen LogP contribution is -2.14. The van der Waals surface area contributed by atoms with E-state index in [1.54, 1.807) is 24.3 Å². The van der Waals surface area contributed by atoms with Gasteiger partial charge in [0.25, 0.3) is 5.91 Å². The maximum atomic E-state index is 11.6. The summed E-state index contributed by atoms with van der Waals surface area (Å²) < 4.78 is 4.99. The number of nitrogens with zero attached hydrogens (tertiary/aromatic N) is 1. The van der Waals surface area contributed by atoms with Crippen LogP contribution in [0.3, 0.4) is 0 Å². The second kappa shape index (κ2) is 7.64. The number of phenolic OH excluding ortho intramolecular Hbond substituents is 1. The highest BCUT2D eigenvalue weighted by atomic mass is 16.5. The predicted octanol–water partition coefficient (Wildman–Crippen LogP) is 2.56. The van der Waals surface area contributed by atoms with Crippen LogP contribution in [0.4, 0.5) is 0 Å². The first-order valence-corrected chi connectivity index (χ1v) is 6.63. The van der Waals surface area contributed by atoms with Crippen molar-refractivity contribution in [2.75, 3.05) is 7.11 Å². The molecule has 0 unspecified atom stereocenters. The predicted molar refractivity (Wildman–Crippen MR) is 85.9 cm³/mol. The van der Waals surface area contributed by atoms with E-state index < -0.39 is 0 Å². The van der Waals surface area contributed by atoms with Gasteiger partial charge in [0.15, 0.2) is 11.5 Å². The lowest BCUT2D eigenvalue weighted by atomic mass is 10.2. The van der Waals surface area contributed by atoms with Crippen LogP contribution < -0.4 is 10.2 Å². The fourth-order valence-corrected chi connectivity index (χ4v) is 1.75. The maximum Gasteiger partial charge on any atom is 0.264 e. The van der Waals surface area contributed by atoms with Crippen molar-refractivity contribution in [2.45, 2.75) is 0 Å². The summed E-state index contributed by atoms with van der Waals surface area (Å²) in [4.78, 5) is 11.6. The number of hydrogen-bond acceptors (Lipinski definition) is 4. The van der Waals surface area contributed by atoms with Crippen molar-refractivity contribution >= 4 is 18.2 Å². The van der Waals surface area contributed by atoms with E-state index in [0.29, 0.717) is 11.3 Å². The quantitative estimate of drug-likeness (QED) is 0.506. The molecule has 0 saturated carbocycles. The molecule has 0 bridgehead atoms. The normalized spacial score (nSPS) is 11.0. The van der Waals surface area contributed by atoms with Gasteiger partial charge in [-0.15, -0.1) is 0 Å². The Hall–Kier alpha value is -3.08. The molecule has 5 nitrogen and oxygen atoms in total. The van der Waals surface area contributed by atoms with E-state index in [0.717, 1.165) is 5.56 Å². The number of amides is 1. The largest absolute Gasteiger partial charge is 0.504 e. The van der Waals surface area contributed by atoms with Crippen LogP contribution in [0.15, 0.2) is 59.7 Å². The summed E-state index contributed by atoms with van der Waals surface area (Å²) in [7, 11) is 1.46. The molecule has 22 heavy (non-hydrogen) atoms. The Kier molecular flexibility index (Phi) is 5.31. The van der Waals surface area contributed by atoms with Gasteiger partial charge in [0, 0.05) is 11.6 Å². The van der Waals surface area contributed by atoms with E-state index in [4.69, 9.17) is 4.74 Å². The molecule has 0 heterocycles. The average molecular weight is 296 g/mol. The van der Waals surface area contributed by atoms with Gasteiger partial charge in [-0.25, -0.2) is 5.43 Å². The Morgan fingerprint density at radius 2 is 1.95 bits per heavy atom. The molecule has 2 aromatic carbocycles. The zero-order chi connectivity index (χ0) is 15.8. The molecular formula is C17H16N2O3. The Balaban J connectivity index is 1.95. The van der Waals surface area contributed by atoms with Gasteiger partial charge in [-0.3, -0.25) is 4.79 Å². The highest BCUT2D eigenvalue weighted by molar-refractivity contribution is 5.93. The minimum atomic E-state index is -0.359. The molecule has 0 saturated heterocycles. The van der Waals surface area contributed by atoms with Crippen LogP contribution in [0.2, 0.25) is 0 Å². The van der Waals surface area contributed by atoms with Crippen LogP contribution in [-0.4, -0.2) is 24.3 Å². The number of carbonyl (C=O) groups is 1. The van der Waals surface area contributed by atoms with E-state index in [-0.39, 0.29) is 11.7 Å². The van der Waals surface area contributed by atoms with Crippen LogP contribution in [-0.2, 0) is 4.79 Å². The lowest BCUT2D eigenvalue weighted by Gasteiger charge is -2.04. The molecule has 0 aliphatic heterocycles. The molecule has 0 aromatic heterocycles. The number of methoxy groups -OCH3 is 1. The van der Waals surface area contributed by atoms with E-state index >= 15 is 0 Å². The first-order chi connectivity index (χ1) is 10.7. The second-order valence-corrected chi connectivity index (χ2v) is 4.38. The van der Waals surface area contributed by atoms with E-state index in [2.05, 4.69) is 10.5 Å². The SMILES string of the molecule is COc1cccc(C=NNC(=O)/C=C/c2ccccc2)c1O. The minimum absolute atomic E-state index is 0.0252. The molecule has 2 aromatic rings. The number of nitrogens with one attached hydrogen (secondary N) is 1. The summed E-state index contributed by atoms with van der Waals surface area (Å²) in [6, 6.07) is 14.5. The van der Waals surface area contributed by atoms with Gasteiger partial charge >= 0.3 is 0 Å². The highest BCUT2D eigenvalue weighted by Crippen LogP contribution is 2.27. The number of para-hydroxylation sites is 1. The number of hydrogen-bond donors (Lipinski definition) is 2. The van der Waals surface area contributed by atoms with Crippen molar-refractivity contribution in [3.05, 3.63) is 65.7 Å². The first-order valence-electron chi connectivity index (χ1n) is 6.63. The van der Waals surface area contributed by atoms with Gasteiger partial charge < -0.3 is 9.84 Å². The molecule has 0 radical (unpaired) electrons. The molecule has 5 heteroatoms. The summed E-state index contributed by atoms with van der Waals surface area (Å²) in [6.07, 6.45) is 4.43. The third-order valence-electron chi connectivity index (χ3n) is 2.86. The van der Waals surface area contributed by atoms with Crippen molar-refractivity contribution in [3.8, 4) is 11.5 Å². The second-order valence-electron chi connectivity index (χ2n) is 4.38. The first kappa shape index (κ1) is 15.3. The van der Waals surface area contributed by atoms with Crippen LogP contribution in [0, 0.1) is 0 Å². The van der Waals surface area contributed by atoms with Gasteiger partial charge in [-0.2, -0.15) is 5.10 Å². The molecule has 0 aliphatic rings. The van der Waals surface area contributed by atoms with Gasteiger partial charge in [-0.1, -0.05) is 36.4 Å². The van der Waals surface area contributed by atoms with Crippen molar-refractivity contribution in [1.29, 1.82) is 0 Å². The highest BCUT2D eigenvalue weighted by Gasteiger charge is 2.04. The van der Waals surface area contributed by atoms with Gasteiger partial charge in [-0.05, 0) is 23.8 Å². The van der Waals surface area contributed by atoms with Crippen molar-refractivity contribution in [2.24, 2.45) is 5.10 Å². The Morgan fingerprint density at radius 3 is 2.68 bits per heavy atom. The summed E-state index contributed by atoms with van der Waals surface area (Å²) in [5.74, 6) is -0.0374. The number of carbonyl (C=O) groups excluding carboxylic acids is 1. The summed E-state index contributed by atoms with van der Waals surface area (Å²) in [5, 5.41) is 13.7. The molecule has 2 rings (SSSR count). The number of aromatic hydroxyl groups is 1. The Morgan fingerprint density at radius 1 is 1.18 bits per heavy atom. The third-order valence-corrected chi connectivity index (χ3v) is 2.86. The molecule has 0 fully saturated rings. The van der Waals surface area contributed by atoms with Crippen LogP contribution >= 0.6 is 0 Å². The van der Waals surface area contributed by atoms with Gasteiger partial charge in [0.2, 0.25) is 0 Å². The number of rotatable bonds is 5. The number of benzene rings is 2. The van der Waals surface area contributed by atoms with E-state index in [9.17, 15) is 9.90 Å². The Labute approximate surface area is 128 Å². The van der Waals surface area contributed by atoms with Gasteiger partial charge in [0.1, 0.15) is 0 Å². The summed E-state index contributed by atoms with van der Waals surface area (Å²) >= 11 is 0. The number of phenols is 1. The van der Waals surface area contributed by atoms with E-state index in [1.165, 1.54) is 19.4 Å². The zero-order valence-electron chi connectivity index (χ0n) is 12.1. The fraction of sp³-hybridized carbons (Fsp3) is 0.0588. The summed E-state index contributed by atoms with van der Waals surface area (Å²) in [5.41, 5.74) is 3.73. The van der Waals surface area contributed by atoms with Gasteiger partial charge in [0.05, 0.1) is 13.3 Å². The monoisotopic (exact) mass is 296 g/mol. The van der Waals surface area contributed by atoms with Crippen molar-refractivity contribution in [3.63, 3.8) is 0 Å². The molecule has 2 N–H and O–H groups in total. The minimum Gasteiger partial charge on any atom is -0.504 e. The van der Waals surface area contributed by atoms with Crippen LogP contribution in [0.1, 0.15) is 11.1 Å². The molecule has 0 spiro atoms. The average Bonchev–Trinajstić information content (AvgIpc) is 2.55.